The minimum absolute atomic E-state index is 0.578. The number of pyridine rings is 1. The summed E-state index contributed by atoms with van der Waals surface area (Å²) in [6.07, 6.45) is 1.69. The molecular weight excluding hydrogens is 212 g/mol. The normalized spacial score (nSPS) is 10.0. The van der Waals surface area contributed by atoms with Gasteiger partial charge < -0.3 is 10.1 Å². The predicted octanol–water partition coefficient (Wildman–Crippen LogP) is 1.65. The van der Waals surface area contributed by atoms with Gasteiger partial charge in [0.25, 0.3) is 0 Å². The van der Waals surface area contributed by atoms with Gasteiger partial charge in [0.1, 0.15) is 5.01 Å². The Hall–Kier alpha value is -1.69. The number of rotatable bonds is 3. The number of hydrogen-bond donors (Lipinski definition) is 1. The molecule has 0 unspecified atom stereocenters. The number of hydrogen-bond acceptors (Lipinski definition) is 6. The smallest absolute Gasteiger partial charge is 0.213 e. The summed E-state index contributed by atoms with van der Waals surface area (Å²) in [4.78, 5) is 4.03. The summed E-state index contributed by atoms with van der Waals surface area (Å²) in [5.74, 6) is 0.578. The SMILES string of the molecule is CNc1nnc(-c2ccnc(OC)c2)s1. The van der Waals surface area contributed by atoms with Crippen LogP contribution in [0.1, 0.15) is 0 Å². The molecule has 2 aromatic rings. The molecule has 5 nitrogen and oxygen atoms in total. The van der Waals surface area contributed by atoms with Gasteiger partial charge >= 0.3 is 0 Å². The van der Waals surface area contributed by atoms with Crippen LogP contribution in [0.4, 0.5) is 5.13 Å². The first kappa shape index (κ1) is 9.85. The molecule has 0 amide bonds. The predicted molar refractivity (Wildman–Crippen MR) is 59.2 cm³/mol. The monoisotopic (exact) mass is 222 g/mol. The summed E-state index contributed by atoms with van der Waals surface area (Å²) in [7, 11) is 3.41. The van der Waals surface area contributed by atoms with Crippen LogP contribution in [0.3, 0.4) is 0 Å². The summed E-state index contributed by atoms with van der Waals surface area (Å²) in [5, 5.41) is 12.6. The van der Waals surface area contributed by atoms with E-state index in [0.29, 0.717) is 5.88 Å². The van der Waals surface area contributed by atoms with Gasteiger partial charge in [0.15, 0.2) is 0 Å². The Balaban J connectivity index is 2.35. The first-order valence-electron chi connectivity index (χ1n) is 4.35. The molecule has 0 bridgehead atoms. The van der Waals surface area contributed by atoms with Crippen molar-refractivity contribution < 1.29 is 4.74 Å². The van der Waals surface area contributed by atoms with E-state index >= 15 is 0 Å². The van der Waals surface area contributed by atoms with E-state index in [0.717, 1.165) is 15.7 Å². The van der Waals surface area contributed by atoms with Gasteiger partial charge in [0.05, 0.1) is 7.11 Å². The summed E-state index contributed by atoms with van der Waals surface area (Å²) >= 11 is 1.49. The van der Waals surface area contributed by atoms with E-state index < -0.39 is 0 Å². The van der Waals surface area contributed by atoms with Gasteiger partial charge in [0, 0.05) is 24.9 Å². The molecule has 0 saturated carbocycles. The van der Waals surface area contributed by atoms with Crippen LogP contribution >= 0.6 is 11.3 Å². The third kappa shape index (κ3) is 2.04. The molecule has 2 heterocycles. The fraction of sp³-hybridized carbons (Fsp3) is 0.222. The van der Waals surface area contributed by atoms with Gasteiger partial charge in [-0.2, -0.15) is 0 Å². The molecule has 0 aliphatic carbocycles. The van der Waals surface area contributed by atoms with Gasteiger partial charge in [-0.15, -0.1) is 10.2 Å². The maximum atomic E-state index is 5.04. The summed E-state index contributed by atoms with van der Waals surface area (Å²) in [6.45, 7) is 0. The largest absolute Gasteiger partial charge is 0.481 e. The molecule has 0 radical (unpaired) electrons. The molecule has 0 aliphatic heterocycles. The van der Waals surface area contributed by atoms with Crippen molar-refractivity contribution in [3.8, 4) is 16.5 Å². The van der Waals surface area contributed by atoms with Crippen LogP contribution in [0, 0.1) is 0 Å². The zero-order valence-corrected chi connectivity index (χ0v) is 9.21. The highest BCUT2D eigenvalue weighted by molar-refractivity contribution is 7.18. The Kier molecular flexibility index (Phi) is 2.77. The lowest BCUT2D eigenvalue weighted by atomic mass is 10.3. The number of nitrogens with zero attached hydrogens (tertiary/aromatic N) is 3. The summed E-state index contributed by atoms with van der Waals surface area (Å²) in [6, 6.07) is 3.71. The number of ether oxygens (including phenoxy) is 1. The molecule has 0 saturated heterocycles. The van der Waals surface area contributed by atoms with E-state index in [-0.39, 0.29) is 0 Å². The second-order valence-corrected chi connectivity index (χ2v) is 3.73. The third-order valence-electron chi connectivity index (χ3n) is 1.83. The van der Waals surface area contributed by atoms with Crippen LogP contribution < -0.4 is 10.1 Å². The second-order valence-electron chi connectivity index (χ2n) is 2.75. The third-order valence-corrected chi connectivity index (χ3v) is 2.82. The van der Waals surface area contributed by atoms with Crippen LogP contribution in [0.5, 0.6) is 5.88 Å². The maximum absolute atomic E-state index is 5.04. The highest BCUT2D eigenvalue weighted by Gasteiger charge is 2.06. The van der Waals surface area contributed by atoms with Crippen LogP contribution in [0.2, 0.25) is 0 Å². The van der Waals surface area contributed by atoms with E-state index in [1.165, 1.54) is 11.3 Å². The molecule has 0 atom stereocenters. The fourth-order valence-electron chi connectivity index (χ4n) is 1.10. The first-order valence-corrected chi connectivity index (χ1v) is 5.17. The van der Waals surface area contributed by atoms with E-state index in [2.05, 4.69) is 20.5 Å². The lowest BCUT2D eigenvalue weighted by Gasteiger charge is -1.99. The van der Waals surface area contributed by atoms with Crippen molar-refractivity contribution in [3.05, 3.63) is 18.3 Å². The molecule has 0 aromatic carbocycles. The molecule has 0 spiro atoms. The summed E-state index contributed by atoms with van der Waals surface area (Å²) < 4.78 is 5.04. The molecule has 0 fully saturated rings. The summed E-state index contributed by atoms with van der Waals surface area (Å²) in [5.41, 5.74) is 0.959. The van der Waals surface area contributed by atoms with Crippen molar-refractivity contribution in [2.75, 3.05) is 19.5 Å². The zero-order valence-electron chi connectivity index (χ0n) is 8.39. The number of nitrogens with one attached hydrogen (secondary N) is 1. The Labute approximate surface area is 91.1 Å². The topological polar surface area (TPSA) is 59.9 Å². The van der Waals surface area contributed by atoms with Crippen molar-refractivity contribution >= 4 is 16.5 Å². The van der Waals surface area contributed by atoms with E-state index in [9.17, 15) is 0 Å². The standard InChI is InChI=1S/C9H10N4OS/c1-10-9-13-12-8(15-9)6-3-4-11-7(5-6)14-2/h3-5H,1-2H3,(H,10,13). The van der Waals surface area contributed by atoms with Gasteiger partial charge in [0.2, 0.25) is 11.0 Å². The van der Waals surface area contributed by atoms with Gasteiger partial charge in [-0.3, -0.25) is 0 Å². The highest BCUT2D eigenvalue weighted by Crippen LogP contribution is 2.27. The molecule has 0 aliphatic rings. The van der Waals surface area contributed by atoms with Crippen LogP contribution in [-0.4, -0.2) is 29.3 Å². The van der Waals surface area contributed by atoms with E-state index in [4.69, 9.17) is 4.74 Å². The molecule has 6 heteroatoms. The maximum Gasteiger partial charge on any atom is 0.213 e. The Morgan fingerprint density at radius 3 is 2.93 bits per heavy atom. The molecule has 1 N–H and O–H groups in total. The van der Waals surface area contributed by atoms with Crippen molar-refractivity contribution in [3.63, 3.8) is 0 Å². The quantitative estimate of drug-likeness (QED) is 0.855. The Morgan fingerprint density at radius 2 is 2.27 bits per heavy atom. The van der Waals surface area contributed by atoms with Crippen LogP contribution in [0.15, 0.2) is 18.3 Å². The van der Waals surface area contributed by atoms with Crippen molar-refractivity contribution in [2.45, 2.75) is 0 Å². The lowest BCUT2D eigenvalue weighted by Crippen LogP contribution is -1.87. The van der Waals surface area contributed by atoms with Gasteiger partial charge in [-0.1, -0.05) is 11.3 Å². The highest BCUT2D eigenvalue weighted by atomic mass is 32.1. The lowest BCUT2D eigenvalue weighted by molar-refractivity contribution is 0.398. The average molecular weight is 222 g/mol. The average Bonchev–Trinajstić information content (AvgIpc) is 2.78. The van der Waals surface area contributed by atoms with E-state index in [1.54, 1.807) is 13.3 Å². The molecule has 2 aromatic heterocycles. The number of aromatic nitrogens is 3. The minimum atomic E-state index is 0.578. The molecule has 78 valence electrons. The van der Waals surface area contributed by atoms with Crippen molar-refractivity contribution in [1.29, 1.82) is 0 Å². The van der Waals surface area contributed by atoms with Gasteiger partial charge in [-0.05, 0) is 6.07 Å². The van der Waals surface area contributed by atoms with Crippen LogP contribution in [0.25, 0.3) is 10.6 Å². The Morgan fingerprint density at radius 1 is 1.40 bits per heavy atom. The fourth-order valence-corrected chi connectivity index (χ4v) is 1.79. The Bertz CT molecular complexity index is 457. The number of anilines is 1. The zero-order chi connectivity index (χ0) is 10.7. The molecular formula is C9H10N4OS. The molecule has 15 heavy (non-hydrogen) atoms. The number of methoxy groups -OCH3 is 1. The van der Waals surface area contributed by atoms with Crippen molar-refractivity contribution in [1.82, 2.24) is 15.2 Å². The first-order chi connectivity index (χ1) is 7.33. The van der Waals surface area contributed by atoms with Gasteiger partial charge in [-0.25, -0.2) is 4.98 Å². The molecule has 2 rings (SSSR count). The second kappa shape index (κ2) is 4.22. The van der Waals surface area contributed by atoms with Crippen LogP contribution in [-0.2, 0) is 0 Å². The van der Waals surface area contributed by atoms with Crippen molar-refractivity contribution in [2.24, 2.45) is 0 Å². The van der Waals surface area contributed by atoms with E-state index in [1.807, 2.05) is 19.2 Å². The minimum Gasteiger partial charge on any atom is -0.481 e.